The van der Waals surface area contributed by atoms with Crippen LogP contribution >= 0.6 is 11.8 Å². The Morgan fingerprint density at radius 2 is 2.31 bits per heavy atom. The van der Waals surface area contributed by atoms with Crippen LogP contribution in [0.25, 0.3) is 0 Å². The van der Waals surface area contributed by atoms with E-state index >= 15 is 0 Å². The first-order chi connectivity index (χ1) is 7.65. The highest BCUT2D eigenvalue weighted by atomic mass is 32.2. The van der Waals surface area contributed by atoms with E-state index < -0.39 is 0 Å². The van der Waals surface area contributed by atoms with Crippen LogP contribution in [0.2, 0.25) is 0 Å². The monoisotopic (exact) mass is 241 g/mol. The van der Waals surface area contributed by atoms with Gasteiger partial charge in [-0.15, -0.1) is 0 Å². The molecule has 1 heterocycles. The van der Waals surface area contributed by atoms with Crippen molar-refractivity contribution in [2.45, 2.75) is 38.8 Å². The highest BCUT2D eigenvalue weighted by Crippen LogP contribution is 2.20. The van der Waals surface area contributed by atoms with Gasteiger partial charge in [-0.25, -0.2) is 0 Å². The Kier molecular flexibility index (Phi) is 3.74. The van der Waals surface area contributed by atoms with Crippen molar-refractivity contribution in [2.75, 3.05) is 12.3 Å². The van der Waals surface area contributed by atoms with Gasteiger partial charge < -0.3 is 10.6 Å². The first-order valence-corrected chi connectivity index (χ1v) is 6.87. The summed E-state index contributed by atoms with van der Waals surface area (Å²) in [5.74, 6) is 1.78. The highest BCUT2D eigenvalue weighted by Gasteiger charge is 2.23. The van der Waals surface area contributed by atoms with E-state index in [1.54, 1.807) is 11.8 Å². The number of carbonyl (C=O) groups is 1. The second-order valence-electron chi connectivity index (χ2n) is 4.68. The summed E-state index contributed by atoms with van der Waals surface area (Å²) in [5, 5.41) is 7.17. The number of aliphatic imine (C=N–C) groups is 1. The first-order valence-electron chi connectivity index (χ1n) is 5.88. The van der Waals surface area contributed by atoms with E-state index in [4.69, 9.17) is 0 Å². The van der Waals surface area contributed by atoms with Gasteiger partial charge in [0.1, 0.15) is 6.54 Å². The Morgan fingerprint density at radius 1 is 1.56 bits per heavy atom. The number of amides is 1. The maximum Gasteiger partial charge on any atom is 0.241 e. The van der Waals surface area contributed by atoms with Crippen LogP contribution < -0.4 is 10.6 Å². The summed E-state index contributed by atoms with van der Waals surface area (Å²) in [6.07, 6.45) is 2.26. The fraction of sp³-hybridized carbons (Fsp3) is 0.818. The maximum atomic E-state index is 11.4. The van der Waals surface area contributed by atoms with Gasteiger partial charge in [-0.2, -0.15) is 0 Å². The van der Waals surface area contributed by atoms with Gasteiger partial charge in [-0.05, 0) is 25.7 Å². The number of nitrogens with one attached hydrogen (secondary N) is 2. The second kappa shape index (κ2) is 5.08. The van der Waals surface area contributed by atoms with Crippen LogP contribution in [-0.4, -0.2) is 35.5 Å². The van der Waals surface area contributed by atoms with Gasteiger partial charge in [-0.3, -0.25) is 9.79 Å². The quantitative estimate of drug-likeness (QED) is 0.774. The number of amidine groups is 1. The number of nitrogens with zero attached hydrogens (tertiary/aromatic N) is 1. The molecule has 5 heteroatoms. The minimum Gasteiger partial charge on any atom is -0.362 e. The lowest BCUT2D eigenvalue weighted by Gasteiger charge is -2.28. The SMILES string of the molecule is CC1CSC(=NCC(=O)NC2CC2)NC1C. The lowest BCUT2D eigenvalue weighted by Crippen LogP contribution is -2.42. The van der Waals surface area contributed by atoms with Crippen molar-refractivity contribution >= 4 is 22.8 Å². The van der Waals surface area contributed by atoms with Crippen LogP contribution in [0.3, 0.4) is 0 Å². The van der Waals surface area contributed by atoms with Crippen molar-refractivity contribution in [2.24, 2.45) is 10.9 Å². The third-order valence-corrected chi connectivity index (χ3v) is 4.21. The summed E-state index contributed by atoms with van der Waals surface area (Å²) in [6.45, 7) is 4.64. The topological polar surface area (TPSA) is 53.5 Å². The number of thioether (sulfide) groups is 1. The van der Waals surface area contributed by atoms with Gasteiger partial charge in [0.2, 0.25) is 5.91 Å². The van der Waals surface area contributed by atoms with Crippen LogP contribution in [0.15, 0.2) is 4.99 Å². The molecule has 90 valence electrons. The molecule has 1 saturated heterocycles. The van der Waals surface area contributed by atoms with Gasteiger partial charge in [0, 0.05) is 17.8 Å². The molecule has 1 aliphatic carbocycles. The molecule has 1 saturated carbocycles. The summed E-state index contributed by atoms with van der Waals surface area (Å²) >= 11 is 1.71. The van der Waals surface area contributed by atoms with Crippen LogP contribution in [0, 0.1) is 5.92 Å². The fourth-order valence-corrected chi connectivity index (χ4v) is 2.60. The van der Waals surface area contributed by atoms with Crippen molar-refractivity contribution < 1.29 is 4.79 Å². The van der Waals surface area contributed by atoms with Crippen molar-refractivity contribution in [3.05, 3.63) is 0 Å². The zero-order valence-corrected chi connectivity index (χ0v) is 10.6. The maximum absolute atomic E-state index is 11.4. The van der Waals surface area contributed by atoms with Crippen LogP contribution in [0.5, 0.6) is 0 Å². The Hall–Kier alpha value is -0.710. The van der Waals surface area contributed by atoms with Crippen molar-refractivity contribution in [1.29, 1.82) is 0 Å². The van der Waals surface area contributed by atoms with Crippen molar-refractivity contribution in [1.82, 2.24) is 10.6 Å². The standard InChI is InChI=1S/C11H19N3OS/c1-7-6-16-11(13-8(7)2)12-5-10(15)14-9-3-4-9/h7-9H,3-6H2,1-2H3,(H,12,13)(H,14,15). The van der Waals surface area contributed by atoms with Gasteiger partial charge >= 0.3 is 0 Å². The summed E-state index contributed by atoms with van der Waals surface area (Å²) < 4.78 is 0. The zero-order valence-electron chi connectivity index (χ0n) is 9.82. The van der Waals surface area contributed by atoms with E-state index in [-0.39, 0.29) is 12.5 Å². The van der Waals surface area contributed by atoms with Crippen molar-refractivity contribution in [3.63, 3.8) is 0 Å². The molecule has 0 bridgehead atoms. The van der Waals surface area contributed by atoms with E-state index in [1.165, 1.54) is 0 Å². The van der Waals surface area contributed by atoms with Crippen LogP contribution in [0.4, 0.5) is 0 Å². The van der Waals surface area contributed by atoms with E-state index in [9.17, 15) is 4.79 Å². The molecule has 2 N–H and O–H groups in total. The number of carbonyl (C=O) groups excluding carboxylic acids is 1. The minimum atomic E-state index is 0.0451. The van der Waals surface area contributed by atoms with Gasteiger partial charge in [0.05, 0.1) is 0 Å². The molecule has 2 unspecified atom stereocenters. The first kappa shape index (κ1) is 11.8. The van der Waals surface area contributed by atoms with Gasteiger partial charge in [-0.1, -0.05) is 18.7 Å². The van der Waals surface area contributed by atoms with E-state index in [0.29, 0.717) is 18.0 Å². The van der Waals surface area contributed by atoms with Crippen molar-refractivity contribution in [3.8, 4) is 0 Å². The molecule has 0 aromatic carbocycles. The zero-order chi connectivity index (χ0) is 11.5. The Balaban J connectivity index is 1.75. The fourth-order valence-electron chi connectivity index (χ4n) is 1.47. The summed E-state index contributed by atoms with van der Waals surface area (Å²) in [6, 6.07) is 0.880. The van der Waals surface area contributed by atoms with Gasteiger partial charge in [0.25, 0.3) is 0 Å². The third kappa shape index (κ3) is 3.40. The average Bonchev–Trinajstić information content (AvgIpc) is 3.04. The molecule has 0 radical (unpaired) electrons. The predicted octanol–water partition coefficient (Wildman–Crippen LogP) is 0.982. The highest BCUT2D eigenvalue weighted by molar-refractivity contribution is 8.13. The lowest BCUT2D eigenvalue weighted by atomic mass is 10.1. The Labute approximate surface area is 101 Å². The molecule has 2 atom stereocenters. The van der Waals surface area contributed by atoms with Gasteiger partial charge in [0.15, 0.2) is 5.17 Å². The molecule has 2 aliphatic rings. The Morgan fingerprint density at radius 3 is 2.94 bits per heavy atom. The van der Waals surface area contributed by atoms with Crippen LogP contribution in [0.1, 0.15) is 26.7 Å². The molecule has 16 heavy (non-hydrogen) atoms. The Bertz CT molecular complexity index is 302. The molecule has 2 fully saturated rings. The number of rotatable bonds is 3. The smallest absolute Gasteiger partial charge is 0.241 e. The average molecular weight is 241 g/mol. The second-order valence-corrected chi connectivity index (χ2v) is 5.69. The van der Waals surface area contributed by atoms with E-state index in [2.05, 4.69) is 29.5 Å². The number of hydrogen-bond acceptors (Lipinski definition) is 3. The van der Waals surface area contributed by atoms with Crippen LogP contribution in [-0.2, 0) is 4.79 Å². The largest absolute Gasteiger partial charge is 0.362 e. The molecule has 0 aromatic rings. The molecule has 1 aliphatic heterocycles. The molecule has 0 spiro atoms. The molecule has 1 amide bonds. The summed E-state index contributed by atoms with van der Waals surface area (Å²) in [5.41, 5.74) is 0. The number of hydrogen-bond donors (Lipinski definition) is 2. The predicted molar refractivity (Wildman–Crippen MR) is 67.7 cm³/mol. The van der Waals surface area contributed by atoms with E-state index in [0.717, 1.165) is 23.8 Å². The normalized spacial score (nSPS) is 32.2. The molecule has 4 nitrogen and oxygen atoms in total. The minimum absolute atomic E-state index is 0.0451. The molecular formula is C11H19N3OS. The third-order valence-electron chi connectivity index (χ3n) is 3.00. The summed E-state index contributed by atoms with van der Waals surface area (Å²) in [7, 11) is 0. The molecular weight excluding hydrogens is 222 g/mol. The molecule has 0 aromatic heterocycles. The van der Waals surface area contributed by atoms with E-state index in [1.807, 2.05) is 0 Å². The molecule has 2 rings (SSSR count). The summed E-state index contributed by atoms with van der Waals surface area (Å²) in [4.78, 5) is 15.7. The lowest BCUT2D eigenvalue weighted by molar-refractivity contribution is -0.119.